The third kappa shape index (κ3) is 3.56. The molecule has 0 bridgehead atoms. The van der Waals surface area contributed by atoms with Crippen LogP contribution in [-0.2, 0) is 13.5 Å². The fourth-order valence-electron chi connectivity index (χ4n) is 4.02. The molecular weight excluding hydrogens is 364 g/mol. The molecule has 1 amide bonds. The fourth-order valence-corrected chi connectivity index (χ4v) is 4.02. The Kier molecular flexibility index (Phi) is 4.96. The second kappa shape index (κ2) is 7.44. The Bertz CT molecular complexity index is 1110. The summed E-state index contributed by atoms with van der Waals surface area (Å²) in [6, 6.07) is 12.0. The minimum absolute atomic E-state index is 0.00692. The fraction of sp³-hybridized carbons (Fsp3) is 0.348. The summed E-state index contributed by atoms with van der Waals surface area (Å²) >= 11 is 0. The highest BCUT2D eigenvalue weighted by Crippen LogP contribution is 2.31. The number of fused-ring (bicyclic) bond motifs is 1. The van der Waals surface area contributed by atoms with Gasteiger partial charge in [-0.3, -0.25) is 14.3 Å². The van der Waals surface area contributed by atoms with Crippen LogP contribution in [0.25, 0.3) is 22.0 Å². The van der Waals surface area contributed by atoms with Gasteiger partial charge in [0.05, 0.1) is 5.52 Å². The number of hydrogen-bond donors (Lipinski definition) is 1. The third-order valence-electron chi connectivity index (χ3n) is 5.61. The summed E-state index contributed by atoms with van der Waals surface area (Å²) in [4.78, 5) is 26.0. The maximum absolute atomic E-state index is 12.5. The predicted octanol–water partition coefficient (Wildman–Crippen LogP) is 2.91. The quantitative estimate of drug-likeness (QED) is 0.680. The first-order valence-corrected chi connectivity index (χ1v) is 9.88. The lowest BCUT2D eigenvalue weighted by Gasteiger charge is -2.28. The summed E-state index contributed by atoms with van der Waals surface area (Å²) in [6.07, 6.45) is 0.926. The van der Waals surface area contributed by atoms with E-state index < -0.39 is 0 Å². The zero-order valence-electron chi connectivity index (χ0n) is 17.3. The number of rotatable bonds is 5. The van der Waals surface area contributed by atoms with Gasteiger partial charge >= 0.3 is 0 Å². The molecule has 0 atom stereocenters. The third-order valence-corrected chi connectivity index (χ3v) is 5.61. The summed E-state index contributed by atoms with van der Waals surface area (Å²) in [5.74, 6) is 0.602. The topological polar surface area (TPSA) is 67.2 Å². The molecular formula is C23H26N4O2. The van der Waals surface area contributed by atoms with Gasteiger partial charge in [0, 0.05) is 39.0 Å². The van der Waals surface area contributed by atoms with Crippen molar-refractivity contribution in [2.75, 3.05) is 27.2 Å². The highest BCUT2D eigenvalue weighted by molar-refractivity contribution is 6.05. The maximum atomic E-state index is 12.5. The monoisotopic (exact) mass is 390 g/mol. The van der Waals surface area contributed by atoms with E-state index in [1.165, 1.54) is 5.56 Å². The average Bonchev–Trinajstić information content (AvgIpc) is 2.98. The van der Waals surface area contributed by atoms with E-state index >= 15 is 0 Å². The number of amides is 1. The summed E-state index contributed by atoms with van der Waals surface area (Å²) in [7, 11) is 5.34. The van der Waals surface area contributed by atoms with Crippen molar-refractivity contribution >= 4 is 22.6 Å². The van der Waals surface area contributed by atoms with E-state index in [-0.39, 0.29) is 11.7 Å². The number of nitrogens with one attached hydrogen (secondary N) is 1. The van der Waals surface area contributed by atoms with Gasteiger partial charge < -0.3 is 10.2 Å². The number of Topliss-reactive ketones (excluding diaryl/α,β-unsaturated/α-hetero) is 1. The molecule has 4 rings (SSSR count). The molecule has 0 radical (unpaired) electrons. The van der Waals surface area contributed by atoms with Gasteiger partial charge in [-0.25, -0.2) is 0 Å². The van der Waals surface area contributed by atoms with Gasteiger partial charge in [0.2, 0.25) is 0 Å². The standard InChI is InChI=1S/C23H26N4O2/c1-14(28)22-20-8-5-16(11-21(20)25-27(22)4)19-7-6-17(23(29)26(2)3)10-18(19)9-15-12-24-13-15/h5-8,10-11,15,24H,9,12-13H2,1-4H3. The van der Waals surface area contributed by atoms with Gasteiger partial charge in [-0.2, -0.15) is 5.10 Å². The first kappa shape index (κ1) is 19.3. The number of nitrogens with zero attached hydrogens (tertiary/aromatic N) is 3. The lowest BCUT2D eigenvalue weighted by atomic mass is 9.88. The molecule has 2 aromatic carbocycles. The molecule has 2 heterocycles. The Morgan fingerprint density at radius 1 is 1.17 bits per heavy atom. The first-order chi connectivity index (χ1) is 13.8. The number of benzene rings is 2. The van der Waals surface area contributed by atoms with Crippen molar-refractivity contribution in [2.45, 2.75) is 13.3 Å². The van der Waals surface area contributed by atoms with Crippen LogP contribution in [0, 0.1) is 5.92 Å². The van der Waals surface area contributed by atoms with Crippen LogP contribution in [-0.4, -0.2) is 53.6 Å². The van der Waals surface area contributed by atoms with E-state index in [1.54, 1.807) is 37.6 Å². The Balaban J connectivity index is 1.80. The van der Waals surface area contributed by atoms with Crippen molar-refractivity contribution in [1.82, 2.24) is 20.0 Å². The van der Waals surface area contributed by atoms with Gasteiger partial charge in [-0.15, -0.1) is 0 Å². The number of ketones is 1. The molecule has 1 aromatic heterocycles. The molecule has 1 aliphatic heterocycles. The average molecular weight is 390 g/mol. The SMILES string of the molecule is CC(=O)c1c2ccc(-c3ccc(C(=O)N(C)C)cc3CC3CNC3)cc2nn1C. The lowest BCUT2D eigenvalue weighted by molar-refractivity contribution is 0.0827. The number of aromatic nitrogens is 2. The van der Waals surface area contributed by atoms with Gasteiger partial charge in [0.25, 0.3) is 5.91 Å². The van der Waals surface area contributed by atoms with Crippen LogP contribution in [0.3, 0.4) is 0 Å². The molecule has 150 valence electrons. The van der Waals surface area contributed by atoms with E-state index in [9.17, 15) is 9.59 Å². The molecule has 29 heavy (non-hydrogen) atoms. The van der Waals surface area contributed by atoms with Gasteiger partial charge in [-0.1, -0.05) is 12.1 Å². The second-order valence-corrected chi connectivity index (χ2v) is 8.06. The molecule has 0 unspecified atom stereocenters. The first-order valence-electron chi connectivity index (χ1n) is 9.88. The van der Waals surface area contributed by atoms with E-state index in [0.717, 1.165) is 41.5 Å². The molecule has 6 heteroatoms. The highest BCUT2D eigenvalue weighted by Gasteiger charge is 2.21. The summed E-state index contributed by atoms with van der Waals surface area (Å²) in [5, 5.41) is 8.72. The molecule has 0 aliphatic carbocycles. The number of carbonyl (C=O) groups is 2. The largest absolute Gasteiger partial charge is 0.345 e. The van der Waals surface area contributed by atoms with Crippen molar-refractivity contribution in [3.05, 3.63) is 53.2 Å². The Labute approximate surface area is 170 Å². The van der Waals surface area contributed by atoms with Crippen LogP contribution < -0.4 is 5.32 Å². The van der Waals surface area contributed by atoms with Crippen LogP contribution in [0.2, 0.25) is 0 Å². The number of aryl methyl sites for hydroxylation is 1. The van der Waals surface area contributed by atoms with Gasteiger partial charge in [0.1, 0.15) is 5.69 Å². The Morgan fingerprint density at radius 2 is 1.93 bits per heavy atom. The van der Waals surface area contributed by atoms with E-state index in [2.05, 4.69) is 10.4 Å². The smallest absolute Gasteiger partial charge is 0.253 e. The molecule has 0 saturated carbocycles. The number of carbonyl (C=O) groups excluding carboxylic acids is 2. The lowest BCUT2D eigenvalue weighted by Crippen LogP contribution is -2.43. The minimum atomic E-state index is 0.00692. The van der Waals surface area contributed by atoms with E-state index in [0.29, 0.717) is 17.2 Å². The van der Waals surface area contributed by atoms with E-state index in [1.807, 2.05) is 36.4 Å². The Hall–Kier alpha value is -2.99. The van der Waals surface area contributed by atoms with Gasteiger partial charge in [-0.05, 0) is 66.4 Å². The van der Waals surface area contributed by atoms with Crippen LogP contribution in [0.5, 0.6) is 0 Å². The highest BCUT2D eigenvalue weighted by atomic mass is 16.2. The molecule has 3 aromatic rings. The molecule has 1 N–H and O–H groups in total. The van der Waals surface area contributed by atoms with Crippen LogP contribution in [0.1, 0.15) is 33.3 Å². The zero-order valence-corrected chi connectivity index (χ0v) is 17.3. The predicted molar refractivity (Wildman–Crippen MR) is 114 cm³/mol. The van der Waals surface area contributed by atoms with Crippen molar-refractivity contribution in [1.29, 1.82) is 0 Å². The molecule has 1 aliphatic rings. The van der Waals surface area contributed by atoms with Crippen LogP contribution in [0.4, 0.5) is 0 Å². The summed E-state index contributed by atoms with van der Waals surface area (Å²) in [5.41, 5.74) is 5.48. The molecule has 1 fully saturated rings. The maximum Gasteiger partial charge on any atom is 0.253 e. The normalized spacial score (nSPS) is 14.1. The van der Waals surface area contributed by atoms with Crippen molar-refractivity contribution < 1.29 is 9.59 Å². The summed E-state index contributed by atoms with van der Waals surface area (Å²) in [6.45, 7) is 3.58. The second-order valence-electron chi connectivity index (χ2n) is 8.06. The molecule has 1 saturated heterocycles. The van der Waals surface area contributed by atoms with Crippen molar-refractivity contribution in [3.8, 4) is 11.1 Å². The molecule has 0 spiro atoms. The zero-order chi connectivity index (χ0) is 20.7. The van der Waals surface area contributed by atoms with Crippen LogP contribution >= 0.6 is 0 Å². The van der Waals surface area contributed by atoms with Crippen LogP contribution in [0.15, 0.2) is 36.4 Å². The summed E-state index contributed by atoms with van der Waals surface area (Å²) < 4.78 is 1.65. The Morgan fingerprint density at radius 3 is 2.55 bits per heavy atom. The minimum Gasteiger partial charge on any atom is -0.345 e. The van der Waals surface area contributed by atoms with Gasteiger partial charge in [0.15, 0.2) is 5.78 Å². The number of hydrogen-bond acceptors (Lipinski definition) is 4. The van der Waals surface area contributed by atoms with Crippen molar-refractivity contribution in [3.63, 3.8) is 0 Å². The van der Waals surface area contributed by atoms with E-state index in [4.69, 9.17) is 0 Å². The molecule has 6 nitrogen and oxygen atoms in total. The van der Waals surface area contributed by atoms with Crippen molar-refractivity contribution in [2.24, 2.45) is 13.0 Å².